The maximum Gasteiger partial charge on any atom is 0.251 e. The summed E-state index contributed by atoms with van der Waals surface area (Å²) in [5, 5.41) is 3.07. The second-order valence-electron chi connectivity index (χ2n) is 6.67. The molecular formula is C20H23F2N3O. The number of hydrogen-bond acceptors (Lipinski definition) is 3. The van der Waals surface area contributed by atoms with Gasteiger partial charge in [0.15, 0.2) is 11.6 Å². The molecular weight excluding hydrogens is 336 g/mol. The van der Waals surface area contributed by atoms with Crippen molar-refractivity contribution in [3.63, 3.8) is 0 Å². The normalized spacial score (nSPS) is 15.8. The summed E-state index contributed by atoms with van der Waals surface area (Å²) in [7, 11) is 0. The van der Waals surface area contributed by atoms with E-state index < -0.39 is 11.6 Å². The number of halogens is 2. The van der Waals surface area contributed by atoms with Gasteiger partial charge in [-0.1, -0.05) is 18.2 Å². The Morgan fingerprint density at radius 1 is 1.04 bits per heavy atom. The van der Waals surface area contributed by atoms with Gasteiger partial charge in [0.25, 0.3) is 5.91 Å². The van der Waals surface area contributed by atoms with Crippen molar-refractivity contribution < 1.29 is 13.6 Å². The fourth-order valence-electron chi connectivity index (χ4n) is 3.19. The smallest absolute Gasteiger partial charge is 0.251 e. The van der Waals surface area contributed by atoms with E-state index in [-0.39, 0.29) is 11.9 Å². The molecule has 3 N–H and O–H groups in total. The number of amides is 1. The molecule has 0 aliphatic carbocycles. The third-order valence-electron chi connectivity index (χ3n) is 4.76. The molecule has 138 valence electrons. The van der Waals surface area contributed by atoms with E-state index in [0.717, 1.165) is 43.1 Å². The molecule has 4 nitrogen and oxygen atoms in total. The van der Waals surface area contributed by atoms with E-state index in [9.17, 15) is 13.6 Å². The number of carbonyl (C=O) groups excluding carboxylic acids is 1. The molecule has 0 unspecified atom stereocenters. The average molecular weight is 359 g/mol. The number of carbonyl (C=O) groups is 1. The van der Waals surface area contributed by atoms with Crippen LogP contribution in [0.4, 0.5) is 8.78 Å². The molecule has 0 atom stereocenters. The van der Waals surface area contributed by atoms with E-state index in [2.05, 4.69) is 10.2 Å². The van der Waals surface area contributed by atoms with Gasteiger partial charge in [-0.3, -0.25) is 9.69 Å². The summed E-state index contributed by atoms with van der Waals surface area (Å²) >= 11 is 0. The molecule has 2 aromatic rings. The van der Waals surface area contributed by atoms with Crippen molar-refractivity contribution in [3.8, 4) is 0 Å². The van der Waals surface area contributed by atoms with Gasteiger partial charge in [-0.15, -0.1) is 0 Å². The van der Waals surface area contributed by atoms with E-state index in [1.54, 1.807) is 18.2 Å². The van der Waals surface area contributed by atoms with Crippen molar-refractivity contribution >= 4 is 5.91 Å². The minimum absolute atomic E-state index is 0.0763. The predicted octanol–water partition coefficient (Wildman–Crippen LogP) is 2.82. The van der Waals surface area contributed by atoms with Gasteiger partial charge in [0.05, 0.1) is 0 Å². The van der Waals surface area contributed by atoms with Gasteiger partial charge in [-0.05, 0) is 48.2 Å². The van der Waals surface area contributed by atoms with Crippen LogP contribution in [-0.4, -0.2) is 29.9 Å². The quantitative estimate of drug-likeness (QED) is 0.863. The van der Waals surface area contributed by atoms with Crippen LogP contribution >= 0.6 is 0 Å². The average Bonchev–Trinajstić information content (AvgIpc) is 2.66. The van der Waals surface area contributed by atoms with Crippen molar-refractivity contribution in [2.24, 2.45) is 5.73 Å². The van der Waals surface area contributed by atoms with Crippen LogP contribution in [0.3, 0.4) is 0 Å². The van der Waals surface area contributed by atoms with Crippen molar-refractivity contribution in [3.05, 3.63) is 70.8 Å². The first-order valence-electron chi connectivity index (χ1n) is 8.81. The van der Waals surface area contributed by atoms with Crippen LogP contribution in [0.5, 0.6) is 0 Å². The Balaban J connectivity index is 1.48. The second kappa shape index (κ2) is 8.38. The first-order valence-corrected chi connectivity index (χ1v) is 8.81. The molecule has 26 heavy (non-hydrogen) atoms. The van der Waals surface area contributed by atoms with Crippen LogP contribution in [0.2, 0.25) is 0 Å². The van der Waals surface area contributed by atoms with E-state index in [1.165, 1.54) is 6.07 Å². The van der Waals surface area contributed by atoms with E-state index >= 15 is 0 Å². The van der Waals surface area contributed by atoms with Crippen LogP contribution in [-0.2, 0) is 13.1 Å². The van der Waals surface area contributed by atoms with E-state index in [1.807, 2.05) is 12.1 Å². The highest BCUT2D eigenvalue weighted by molar-refractivity contribution is 5.94. The summed E-state index contributed by atoms with van der Waals surface area (Å²) in [6, 6.07) is 11.4. The number of likely N-dealkylation sites (tertiary alicyclic amines) is 1. The molecule has 1 amide bonds. The van der Waals surface area contributed by atoms with Crippen LogP contribution in [0.25, 0.3) is 0 Å². The zero-order chi connectivity index (χ0) is 18.5. The maximum atomic E-state index is 13.3. The van der Waals surface area contributed by atoms with Crippen LogP contribution < -0.4 is 11.1 Å². The van der Waals surface area contributed by atoms with Gasteiger partial charge >= 0.3 is 0 Å². The fraction of sp³-hybridized carbons (Fsp3) is 0.350. The number of benzene rings is 2. The zero-order valence-electron chi connectivity index (χ0n) is 14.6. The summed E-state index contributed by atoms with van der Waals surface area (Å²) in [5.41, 5.74) is 7.94. The van der Waals surface area contributed by atoms with Gasteiger partial charge < -0.3 is 11.1 Å². The van der Waals surface area contributed by atoms with Crippen LogP contribution in [0, 0.1) is 11.6 Å². The second-order valence-corrected chi connectivity index (χ2v) is 6.67. The molecule has 0 spiro atoms. The third kappa shape index (κ3) is 4.65. The number of rotatable bonds is 5. The van der Waals surface area contributed by atoms with Crippen molar-refractivity contribution in [1.29, 1.82) is 0 Å². The van der Waals surface area contributed by atoms with Crippen LogP contribution in [0.15, 0.2) is 42.5 Å². The molecule has 1 aliphatic rings. The molecule has 0 saturated carbocycles. The molecule has 6 heteroatoms. The molecule has 1 saturated heterocycles. The number of nitrogens with one attached hydrogen (secondary N) is 1. The minimum Gasteiger partial charge on any atom is -0.349 e. The highest BCUT2D eigenvalue weighted by Gasteiger charge is 2.21. The predicted molar refractivity (Wildman–Crippen MR) is 96.5 cm³/mol. The monoisotopic (exact) mass is 359 g/mol. The van der Waals surface area contributed by atoms with Crippen molar-refractivity contribution in [2.45, 2.75) is 32.0 Å². The lowest BCUT2D eigenvalue weighted by atomic mass is 10.0. The molecule has 3 rings (SSSR count). The lowest BCUT2D eigenvalue weighted by Crippen LogP contribution is -2.44. The molecule has 2 aromatic carbocycles. The SMILES string of the molecule is NCc1ccc(C(=O)NC2CCN(Cc3ccc(F)c(F)c3)CC2)cc1. The van der Waals surface area contributed by atoms with Crippen molar-refractivity contribution in [2.75, 3.05) is 13.1 Å². The maximum absolute atomic E-state index is 13.3. The highest BCUT2D eigenvalue weighted by Crippen LogP contribution is 2.16. The Hall–Kier alpha value is -2.31. The summed E-state index contributed by atoms with van der Waals surface area (Å²) in [6.07, 6.45) is 1.66. The van der Waals surface area contributed by atoms with E-state index in [0.29, 0.717) is 18.7 Å². The summed E-state index contributed by atoms with van der Waals surface area (Å²) in [6.45, 7) is 2.64. The third-order valence-corrected chi connectivity index (χ3v) is 4.76. The first kappa shape index (κ1) is 18.5. The topological polar surface area (TPSA) is 58.4 Å². The number of hydrogen-bond donors (Lipinski definition) is 2. The number of nitrogens with two attached hydrogens (primary N) is 1. The lowest BCUT2D eigenvalue weighted by Gasteiger charge is -2.32. The van der Waals surface area contributed by atoms with Gasteiger partial charge in [0.2, 0.25) is 0 Å². The Labute approximate surface area is 152 Å². The van der Waals surface area contributed by atoms with Gasteiger partial charge in [0, 0.05) is 37.8 Å². The summed E-state index contributed by atoms with van der Waals surface area (Å²) in [4.78, 5) is 14.5. The van der Waals surface area contributed by atoms with E-state index in [4.69, 9.17) is 5.73 Å². The Kier molecular flexibility index (Phi) is 5.96. The van der Waals surface area contributed by atoms with Gasteiger partial charge in [-0.2, -0.15) is 0 Å². The number of nitrogens with zero attached hydrogens (tertiary/aromatic N) is 1. The van der Waals surface area contributed by atoms with Crippen LogP contribution in [0.1, 0.15) is 34.3 Å². The molecule has 1 heterocycles. The number of piperidine rings is 1. The molecule has 1 aliphatic heterocycles. The minimum atomic E-state index is -0.824. The Morgan fingerprint density at radius 3 is 2.31 bits per heavy atom. The molecule has 1 fully saturated rings. The summed E-state index contributed by atoms with van der Waals surface area (Å²) in [5.74, 6) is -1.72. The van der Waals surface area contributed by atoms with Gasteiger partial charge in [0.1, 0.15) is 0 Å². The molecule has 0 radical (unpaired) electrons. The van der Waals surface area contributed by atoms with Gasteiger partial charge in [-0.25, -0.2) is 8.78 Å². The van der Waals surface area contributed by atoms with Crippen molar-refractivity contribution in [1.82, 2.24) is 10.2 Å². The molecule has 0 aromatic heterocycles. The Morgan fingerprint density at radius 2 is 1.69 bits per heavy atom. The molecule has 0 bridgehead atoms. The largest absolute Gasteiger partial charge is 0.349 e. The fourth-order valence-corrected chi connectivity index (χ4v) is 3.19. The lowest BCUT2D eigenvalue weighted by molar-refractivity contribution is 0.0909. The zero-order valence-corrected chi connectivity index (χ0v) is 14.6. The summed E-state index contributed by atoms with van der Waals surface area (Å²) < 4.78 is 26.3. The first-order chi connectivity index (χ1) is 12.5. The highest BCUT2D eigenvalue weighted by atomic mass is 19.2. The standard InChI is InChI=1S/C20H23F2N3O/c21-18-6-3-15(11-19(18)22)13-25-9-7-17(8-10-25)24-20(26)16-4-1-14(12-23)2-5-16/h1-6,11,17H,7-10,12-13,23H2,(H,24,26). The Bertz CT molecular complexity index is 756.